The van der Waals surface area contributed by atoms with Crippen molar-refractivity contribution in [2.24, 2.45) is 0 Å². The first kappa shape index (κ1) is 49.2. The Bertz CT molecular complexity index is 932. The van der Waals surface area contributed by atoms with Crippen LogP contribution in [0.3, 0.4) is 0 Å². The first-order chi connectivity index (χ1) is 24.6. The van der Waals surface area contributed by atoms with E-state index in [1.165, 1.54) is 96.3 Å². The van der Waals surface area contributed by atoms with Gasteiger partial charge in [-0.05, 0) is 38.5 Å². The predicted octanol–water partition coefficient (Wildman–Crippen LogP) is 9.72. The number of hydrogen-bond donors (Lipinski definition) is 4. The summed E-state index contributed by atoms with van der Waals surface area (Å²) in [4.78, 5) is 45.7. The third kappa shape index (κ3) is 35.0. The maximum Gasteiger partial charge on any atom is 0.472 e. The molecule has 0 aliphatic rings. The minimum atomic E-state index is -4.74. The van der Waals surface area contributed by atoms with Crippen molar-refractivity contribution in [2.75, 3.05) is 19.8 Å². The number of rotatable bonds is 38. The molecular formula is C39H74NO10P. The minimum absolute atomic E-state index is 0.143. The Morgan fingerprint density at radius 1 is 0.608 bits per heavy atom. The van der Waals surface area contributed by atoms with E-state index in [4.69, 9.17) is 13.8 Å². The average Bonchev–Trinajstić information content (AvgIpc) is 3.10. The number of esters is 1. The van der Waals surface area contributed by atoms with Gasteiger partial charge in [0.25, 0.3) is 0 Å². The molecule has 0 heterocycles. The number of aliphatic hydroxyl groups is 1. The molecule has 0 bridgehead atoms. The van der Waals surface area contributed by atoms with Crippen LogP contribution in [0.2, 0.25) is 0 Å². The van der Waals surface area contributed by atoms with Gasteiger partial charge in [0.15, 0.2) is 6.04 Å². The van der Waals surface area contributed by atoms with Gasteiger partial charge in [0, 0.05) is 12.8 Å². The van der Waals surface area contributed by atoms with Crippen LogP contribution in [0.5, 0.6) is 0 Å². The number of carbonyl (C=O) groups excluding carboxylic acids is 2. The van der Waals surface area contributed by atoms with Crippen LogP contribution in [-0.4, -0.2) is 64.9 Å². The number of carboxylic acids is 1. The van der Waals surface area contributed by atoms with E-state index in [9.17, 15) is 34.1 Å². The molecule has 0 aromatic heterocycles. The molecule has 3 unspecified atom stereocenters. The zero-order valence-corrected chi connectivity index (χ0v) is 33.1. The third-order valence-corrected chi connectivity index (χ3v) is 9.76. The number of phosphoric acid groups is 1. The highest BCUT2D eigenvalue weighted by Gasteiger charge is 2.28. The number of allylic oxidation sites excluding steroid dienone is 2. The van der Waals surface area contributed by atoms with Gasteiger partial charge in [-0.15, -0.1) is 0 Å². The van der Waals surface area contributed by atoms with Crippen LogP contribution in [-0.2, 0) is 32.7 Å². The van der Waals surface area contributed by atoms with Crippen molar-refractivity contribution in [3.63, 3.8) is 0 Å². The molecule has 0 radical (unpaired) electrons. The zero-order chi connectivity index (χ0) is 37.8. The molecule has 4 N–H and O–H groups in total. The van der Waals surface area contributed by atoms with Crippen molar-refractivity contribution in [3.05, 3.63) is 12.2 Å². The van der Waals surface area contributed by atoms with E-state index in [1.807, 2.05) is 0 Å². The van der Waals surface area contributed by atoms with Gasteiger partial charge in [0.05, 0.1) is 13.2 Å². The van der Waals surface area contributed by atoms with Gasteiger partial charge in [0.1, 0.15) is 12.7 Å². The molecule has 0 spiro atoms. The lowest BCUT2D eigenvalue weighted by Crippen LogP contribution is -2.43. The summed E-state index contributed by atoms with van der Waals surface area (Å²) in [7, 11) is -4.74. The maximum absolute atomic E-state index is 12.3. The van der Waals surface area contributed by atoms with Crippen LogP contribution < -0.4 is 5.32 Å². The van der Waals surface area contributed by atoms with Gasteiger partial charge in [-0.1, -0.05) is 148 Å². The highest BCUT2D eigenvalue weighted by molar-refractivity contribution is 7.47. The van der Waals surface area contributed by atoms with Crippen molar-refractivity contribution >= 4 is 25.7 Å². The first-order valence-electron chi connectivity index (χ1n) is 20.2. The van der Waals surface area contributed by atoms with Crippen LogP contribution in [0.1, 0.15) is 187 Å². The van der Waals surface area contributed by atoms with Gasteiger partial charge in [-0.25, -0.2) is 9.36 Å². The summed E-state index contributed by atoms with van der Waals surface area (Å²) in [6.07, 6.45) is 32.4. The number of hydrogen-bond acceptors (Lipinski definition) is 8. The Balaban J connectivity index is 3.94. The van der Waals surface area contributed by atoms with Crippen LogP contribution >= 0.6 is 7.82 Å². The number of amides is 1. The summed E-state index contributed by atoms with van der Waals surface area (Å²) in [6.45, 7) is 2.56. The van der Waals surface area contributed by atoms with E-state index in [0.29, 0.717) is 12.8 Å². The molecule has 0 aliphatic carbocycles. The van der Waals surface area contributed by atoms with Gasteiger partial charge in [-0.3, -0.25) is 18.6 Å². The van der Waals surface area contributed by atoms with Crippen molar-refractivity contribution in [3.8, 4) is 0 Å². The second kappa shape index (κ2) is 35.3. The third-order valence-electron chi connectivity index (χ3n) is 8.80. The first-order valence-corrected chi connectivity index (χ1v) is 21.7. The lowest BCUT2D eigenvalue weighted by molar-refractivity contribution is -0.147. The molecule has 0 aliphatic heterocycles. The number of carbonyl (C=O) groups is 3. The maximum atomic E-state index is 12.3. The highest BCUT2D eigenvalue weighted by atomic mass is 31.2. The summed E-state index contributed by atoms with van der Waals surface area (Å²) in [5.74, 6) is -2.37. The monoisotopic (exact) mass is 748 g/mol. The van der Waals surface area contributed by atoms with Gasteiger partial charge in [-0.2, -0.15) is 0 Å². The number of unbranched alkanes of at least 4 members (excludes halogenated alkanes) is 22. The standard InChI is InChI=1S/C39H74NO10P/c1-3-5-7-9-11-13-15-16-17-18-19-20-21-22-24-26-28-30-37(42)40-36(39(44)45)34-50-51(46,47)49-33-35(41)32-48-38(43)31-29-27-25-23-14-12-10-8-6-4-2/h16-17,35-36,41H,3-15,18-34H2,1-2H3,(H,40,42)(H,44,45)(H,46,47)/b17-16-. The molecule has 12 heteroatoms. The molecule has 0 aromatic rings. The van der Waals surface area contributed by atoms with Crippen molar-refractivity contribution < 1.29 is 47.8 Å². The molecule has 0 saturated carbocycles. The lowest BCUT2D eigenvalue weighted by atomic mass is 10.1. The zero-order valence-electron chi connectivity index (χ0n) is 32.2. The largest absolute Gasteiger partial charge is 0.480 e. The van der Waals surface area contributed by atoms with Crippen molar-refractivity contribution in [2.45, 2.75) is 199 Å². The van der Waals surface area contributed by atoms with Gasteiger partial charge < -0.3 is 25.2 Å². The van der Waals surface area contributed by atoms with E-state index >= 15 is 0 Å². The molecule has 51 heavy (non-hydrogen) atoms. The normalized spacial score (nSPS) is 14.0. The fraction of sp³-hybridized carbons (Fsp3) is 0.872. The van der Waals surface area contributed by atoms with E-state index in [2.05, 4.69) is 31.3 Å². The van der Waals surface area contributed by atoms with Gasteiger partial charge in [0.2, 0.25) is 5.91 Å². The SMILES string of the molecule is CCCCCCCC/C=C\CCCCCCCCCC(=O)NC(COP(=O)(O)OCC(O)COC(=O)CCCCCCCCCCCC)C(=O)O. The number of phosphoric ester groups is 1. The predicted molar refractivity (Wildman–Crippen MR) is 203 cm³/mol. The fourth-order valence-electron chi connectivity index (χ4n) is 5.60. The Labute approximate surface area is 309 Å². The summed E-state index contributed by atoms with van der Waals surface area (Å²) >= 11 is 0. The fourth-order valence-corrected chi connectivity index (χ4v) is 6.38. The molecule has 300 valence electrons. The number of carboxylic acid groups (broad SMARTS) is 1. The quantitative estimate of drug-likeness (QED) is 0.0206. The topological polar surface area (TPSA) is 169 Å². The molecule has 0 fully saturated rings. The number of nitrogens with one attached hydrogen (secondary N) is 1. The molecule has 1 amide bonds. The van der Waals surface area contributed by atoms with E-state index in [0.717, 1.165) is 51.4 Å². The van der Waals surface area contributed by atoms with Crippen LogP contribution in [0.15, 0.2) is 12.2 Å². The van der Waals surface area contributed by atoms with Gasteiger partial charge >= 0.3 is 19.8 Å². The molecule has 3 atom stereocenters. The molecular weight excluding hydrogens is 673 g/mol. The number of ether oxygens (including phenoxy) is 1. The lowest BCUT2D eigenvalue weighted by Gasteiger charge is -2.18. The molecule has 0 aromatic carbocycles. The van der Waals surface area contributed by atoms with E-state index in [1.54, 1.807) is 0 Å². The molecule has 11 nitrogen and oxygen atoms in total. The number of aliphatic carboxylic acids is 1. The van der Waals surface area contributed by atoms with Crippen LogP contribution in [0.25, 0.3) is 0 Å². The second-order valence-electron chi connectivity index (χ2n) is 13.8. The average molecular weight is 748 g/mol. The van der Waals surface area contributed by atoms with Crippen LogP contribution in [0, 0.1) is 0 Å². The molecule has 0 saturated heterocycles. The highest BCUT2D eigenvalue weighted by Crippen LogP contribution is 2.43. The summed E-state index contributed by atoms with van der Waals surface area (Å²) < 4.78 is 26.7. The van der Waals surface area contributed by atoms with Crippen LogP contribution in [0.4, 0.5) is 0 Å². The summed E-state index contributed by atoms with van der Waals surface area (Å²) in [5, 5.41) is 21.7. The smallest absolute Gasteiger partial charge is 0.472 e. The molecule has 0 rings (SSSR count). The Kier molecular flexibility index (Phi) is 34.0. The Morgan fingerprint density at radius 3 is 1.49 bits per heavy atom. The van der Waals surface area contributed by atoms with E-state index in [-0.39, 0.29) is 12.8 Å². The Hall–Kier alpha value is -1.78. The summed E-state index contributed by atoms with van der Waals surface area (Å²) in [5.41, 5.74) is 0. The van der Waals surface area contributed by atoms with E-state index < -0.39 is 57.6 Å². The number of aliphatic hydroxyl groups excluding tert-OH is 1. The summed E-state index contributed by atoms with van der Waals surface area (Å²) in [6, 6.07) is -1.54. The minimum Gasteiger partial charge on any atom is -0.480 e. The Morgan fingerprint density at radius 2 is 1.02 bits per heavy atom. The van der Waals surface area contributed by atoms with Crippen molar-refractivity contribution in [1.29, 1.82) is 0 Å². The van der Waals surface area contributed by atoms with Crippen molar-refractivity contribution in [1.82, 2.24) is 5.32 Å². The second-order valence-corrected chi connectivity index (χ2v) is 15.3.